The molecule has 9 heteroatoms. The highest BCUT2D eigenvalue weighted by atomic mass is 35.5. The van der Waals surface area contributed by atoms with E-state index in [9.17, 15) is 8.42 Å². The molecule has 5 nitrogen and oxygen atoms in total. The Hall–Kier alpha value is -0.700. The van der Waals surface area contributed by atoms with Gasteiger partial charge in [0.2, 0.25) is 10.0 Å². The molecule has 1 aromatic heterocycles. The first-order valence-electron chi connectivity index (χ1n) is 5.91. The Balaban J connectivity index is 2.15. The maximum atomic E-state index is 12.2. The van der Waals surface area contributed by atoms with Gasteiger partial charge in [0, 0.05) is 29.6 Å². The number of benzene rings is 1. The minimum Gasteiger partial charge on any atom is -0.392 e. The number of halogens is 2. The highest BCUT2D eigenvalue weighted by Gasteiger charge is 2.19. The fraction of sp³-hybridized carbons (Fsp3) is 0.250. The predicted molar refractivity (Wildman–Crippen MR) is 83.4 cm³/mol. The van der Waals surface area contributed by atoms with E-state index in [4.69, 9.17) is 28.3 Å². The molecule has 1 aromatic carbocycles. The molecule has 2 N–H and O–H groups in total. The Morgan fingerprint density at radius 1 is 1.29 bits per heavy atom. The summed E-state index contributed by atoms with van der Waals surface area (Å²) in [7, 11) is -3.77. The van der Waals surface area contributed by atoms with E-state index in [1.54, 1.807) is 6.20 Å². The van der Waals surface area contributed by atoms with Gasteiger partial charge in [-0.1, -0.05) is 23.2 Å². The summed E-state index contributed by atoms with van der Waals surface area (Å²) in [6.45, 7) is -0.152. The van der Waals surface area contributed by atoms with Crippen molar-refractivity contribution < 1.29 is 13.5 Å². The van der Waals surface area contributed by atoms with Crippen LogP contribution in [0.2, 0.25) is 10.0 Å². The number of hydrogen-bond donors (Lipinski definition) is 2. The van der Waals surface area contributed by atoms with Crippen molar-refractivity contribution in [2.45, 2.75) is 17.9 Å². The number of aromatic nitrogens is 1. The second kappa shape index (κ2) is 7.04. The van der Waals surface area contributed by atoms with Crippen LogP contribution in [-0.4, -0.2) is 25.1 Å². The van der Waals surface area contributed by atoms with Crippen molar-refractivity contribution in [1.82, 2.24) is 9.71 Å². The molecule has 1 heterocycles. The lowest BCUT2D eigenvalue weighted by Crippen LogP contribution is -2.26. The standard InChI is InChI=1S/C12H12Cl2N2O3S2/c13-9-6-10(14)11(5-8(9)7-17)21(18,19)16-2-1-12-15-3-4-20-12/h3-6,16-17H,1-2,7H2. The van der Waals surface area contributed by atoms with Gasteiger partial charge < -0.3 is 5.11 Å². The van der Waals surface area contributed by atoms with Crippen LogP contribution >= 0.6 is 34.5 Å². The Morgan fingerprint density at radius 3 is 2.67 bits per heavy atom. The Morgan fingerprint density at radius 2 is 2.05 bits per heavy atom. The SMILES string of the molecule is O=S(=O)(NCCc1nccs1)c1cc(CO)c(Cl)cc1Cl. The fourth-order valence-electron chi connectivity index (χ4n) is 1.64. The summed E-state index contributed by atoms with van der Waals surface area (Å²) in [4.78, 5) is 3.97. The average molecular weight is 367 g/mol. The van der Waals surface area contributed by atoms with Crippen LogP contribution in [0.4, 0.5) is 0 Å². The molecule has 21 heavy (non-hydrogen) atoms. The smallest absolute Gasteiger partial charge is 0.242 e. The van der Waals surface area contributed by atoms with Gasteiger partial charge in [-0.25, -0.2) is 18.1 Å². The Kier molecular flexibility index (Phi) is 5.59. The molecule has 0 aliphatic heterocycles. The van der Waals surface area contributed by atoms with Gasteiger partial charge >= 0.3 is 0 Å². The lowest BCUT2D eigenvalue weighted by atomic mass is 10.2. The van der Waals surface area contributed by atoms with Crippen LogP contribution in [0.25, 0.3) is 0 Å². The fourth-order valence-corrected chi connectivity index (χ4v) is 4.15. The van der Waals surface area contributed by atoms with Gasteiger partial charge in [-0.05, 0) is 17.7 Å². The Labute approximate surface area is 136 Å². The van der Waals surface area contributed by atoms with E-state index in [0.29, 0.717) is 12.0 Å². The van der Waals surface area contributed by atoms with Crippen molar-refractivity contribution in [3.8, 4) is 0 Å². The number of aliphatic hydroxyl groups excluding tert-OH is 1. The summed E-state index contributed by atoms with van der Waals surface area (Å²) in [5, 5.41) is 12.1. The molecule has 0 fully saturated rings. The van der Waals surface area contributed by atoms with Crippen LogP contribution < -0.4 is 4.72 Å². The molecule has 0 amide bonds. The van der Waals surface area contributed by atoms with Gasteiger partial charge in [-0.15, -0.1) is 11.3 Å². The van der Waals surface area contributed by atoms with Crippen molar-refractivity contribution in [2.75, 3.05) is 6.54 Å². The Bertz CT molecular complexity index is 718. The van der Waals surface area contributed by atoms with Gasteiger partial charge in [0.25, 0.3) is 0 Å². The summed E-state index contributed by atoms with van der Waals surface area (Å²) in [6, 6.07) is 2.58. The normalized spacial score (nSPS) is 11.8. The lowest BCUT2D eigenvalue weighted by molar-refractivity contribution is 0.281. The quantitative estimate of drug-likeness (QED) is 0.822. The first kappa shape index (κ1) is 16.7. The van der Waals surface area contributed by atoms with Gasteiger partial charge in [0.1, 0.15) is 4.90 Å². The third-order valence-corrected chi connectivity index (χ3v) is 5.79. The van der Waals surface area contributed by atoms with Gasteiger partial charge in [0.15, 0.2) is 0 Å². The summed E-state index contributed by atoms with van der Waals surface area (Å²) < 4.78 is 26.9. The van der Waals surface area contributed by atoms with Crippen LogP contribution in [0.1, 0.15) is 10.6 Å². The van der Waals surface area contributed by atoms with Crippen LogP contribution in [-0.2, 0) is 23.1 Å². The van der Waals surface area contributed by atoms with Crippen LogP contribution in [0.5, 0.6) is 0 Å². The van der Waals surface area contributed by atoms with Crippen molar-refractivity contribution in [2.24, 2.45) is 0 Å². The minimum absolute atomic E-state index is 0.0129. The predicted octanol–water partition coefficient (Wildman–Crippen LogP) is 2.46. The monoisotopic (exact) mass is 366 g/mol. The largest absolute Gasteiger partial charge is 0.392 e. The zero-order valence-electron chi connectivity index (χ0n) is 10.7. The molecule has 0 aliphatic rings. The van der Waals surface area contributed by atoms with Crippen LogP contribution in [0.3, 0.4) is 0 Å². The third-order valence-electron chi connectivity index (χ3n) is 2.68. The number of nitrogens with one attached hydrogen (secondary N) is 1. The average Bonchev–Trinajstić information content (AvgIpc) is 2.91. The number of aliphatic hydroxyl groups is 1. The molecule has 114 valence electrons. The van der Waals surface area contributed by atoms with Crippen molar-refractivity contribution in [3.63, 3.8) is 0 Å². The van der Waals surface area contributed by atoms with E-state index in [1.165, 1.54) is 23.5 Å². The summed E-state index contributed by atoms with van der Waals surface area (Å²) in [5.74, 6) is 0. The van der Waals surface area contributed by atoms with E-state index in [-0.39, 0.29) is 28.1 Å². The molecule has 0 saturated carbocycles. The molecule has 0 saturated heterocycles. The maximum absolute atomic E-state index is 12.2. The lowest BCUT2D eigenvalue weighted by Gasteiger charge is -2.10. The van der Waals surface area contributed by atoms with E-state index in [0.717, 1.165) is 5.01 Å². The van der Waals surface area contributed by atoms with E-state index in [1.807, 2.05) is 5.38 Å². The van der Waals surface area contributed by atoms with Crippen LogP contribution in [0.15, 0.2) is 28.6 Å². The van der Waals surface area contributed by atoms with E-state index >= 15 is 0 Å². The maximum Gasteiger partial charge on any atom is 0.242 e. The second-order valence-corrected chi connectivity index (χ2v) is 7.63. The zero-order valence-corrected chi connectivity index (χ0v) is 13.9. The summed E-state index contributed by atoms with van der Waals surface area (Å²) in [6.07, 6.45) is 2.16. The molecule has 2 aromatic rings. The van der Waals surface area contributed by atoms with E-state index in [2.05, 4.69) is 9.71 Å². The number of thiazole rings is 1. The molecule has 2 rings (SSSR count). The molecule has 0 spiro atoms. The minimum atomic E-state index is -3.77. The molecular formula is C12H12Cl2N2O3S2. The van der Waals surface area contributed by atoms with E-state index < -0.39 is 10.0 Å². The number of sulfonamides is 1. The first-order valence-corrected chi connectivity index (χ1v) is 9.02. The third kappa shape index (κ3) is 4.15. The molecule has 0 unspecified atom stereocenters. The number of rotatable bonds is 6. The highest BCUT2D eigenvalue weighted by Crippen LogP contribution is 2.28. The highest BCUT2D eigenvalue weighted by molar-refractivity contribution is 7.89. The van der Waals surface area contributed by atoms with Gasteiger partial charge in [-0.3, -0.25) is 0 Å². The van der Waals surface area contributed by atoms with Crippen LogP contribution in [0, 0.1) is 0 Å². The van der Waals surface area contributed by atoms with Gasteiger partial charge in [0.05, 0.1) is 16.6 Å². The zero-order chi connectivity index (χ0) is 15.5. The molecule has 0 aliphatic carbocycles. The topological polar surface area (TPSA) is 79.3 Å². The number of nitrogens with zero attached hydrogens (tertiary/aromatic N) is 1. The second-order valence-electron chi connectivity index (χ2n) is 4.11. The summed E-state index contributed by atoms with van der Waals surface area (Å²) >= 11 is 13.2. The van der Waals surface area contributed by atoms with Crippen molar-refractivity contribution >= 4 is 44.6 Å². The molecule has 0 bridgehead atoms. The first-order chi connectivity index (χ1) is 9.94. The molecular weight excluding hydrogens is 355 g/mol. The van der Waals surface area contributed by atoms with Gasteiger partial charge in [-0.2, -0.15) is 0 Å². The summed E-state index contributed by atoms with van der Waals surface area (Å²) in [5.41, 5.74) is 0.307. The molecule has 0 radical (unpaired) electrons. The number of hydrogen-bond acceptors (Lipinski definition) is 5. The van der Waals surface area contributed by atoms with Crippen molar-refractivity contribution in [1.29, 1.82) is 0 Å². The van der Waals surface area contributed by atoms with Crippen molar-refractivity contribution in [3.05, 3.63) is 44.3 Å². The molecule has 0 atom stereocenters.